The molecule has 0 saturated heterocycles. The van der Waals surface area contributed by atoms with Gasteiger partial charge in [0.1, 0.15) is 5.69 Å². The van der Waals surface area contributed by atoms with E-state index in [1.54, 1.807) is 18.7 Å². The highest BCUT2D eigenvalue weighted by molar-refractivity contribution is 5.95. The molecule has 1 amide bonds. The fourth-order valence-electron chi connectivity index (χ4n) is 2.91. The second-order valence-corrected chi connectivity index (χ2v) is 6.63. The van der Waals surface area contributed by atoms with Gasteiger partial charge in [0.05, 0.1) is 17.3 Å². The van der Waals surface area contributed by atoms with Crippen LogP contribution in [0.1, 0.15) is 31.9 Å². The van der Waals surface area contributed by atoms with Crippen LogP contribution in [0.2, 0.25) is 0 Å². The largest absolute Gasteiger partial charge is 0.452 e. The molecule has 0 bridgehead atoms. The first-order chi connectivity index (χ1) is 12.4. The van der Waals surface area contributed by atoms with Crippen molar-refractivity contribution in [2.75, 3.05) is 5.32 Å². The molecular formula is C19H23N3O4. The summed E-state index contributed by atoms with van der Waals surface area (Å²) in [5.41, 5.74) is 1.17. The van der Waals surface area contributed by atoms with Crippen LogP contribution in [0.3, 0.4) is 0 Å². The molecule has 2 aromatic rings. The van der Waals surface area contributed by atoms with Gasteiger partial charge < -0.3 is 10.1 Å². The zero-order chi connectivity index (χ0) is 18.8. The van der Waals surface area contributed by atoms with Gasteiger partial charge in [-0.3, -0.25) is 19.1 Å². The minimum Gasteiger partial charge on any atom is -0.452 e. The predicted molar refractivity (Wildman–Crippen MR) is 97.3 cm³/mol. The first-order valence-electron chi connectivity index (χ1n) is 8.75. The average Bonchev–Trinajstić information content (AvgIpc) is 2.77. The van der Waals surface area contributed by atoms with Crippen molar-refractivity contribution < 1.29 is 14.3 Å². The third-order valence-electron chi connectivity index (χ3n) is 4.90. The van der Waals surface area contributed by atoms with E-state index in [0.29, 0.717) is 11.4 Å². The minimum atomic E-state index is -0.952. The van der Waals surface area contributed by atoms with Crippen molar-refractivity contribution >= 4 is 17.6 Å². The smallest absolute Gasteiger partial charge is 0.309 e. The van der Waals surface area contributed by atoms with Crippen molar-refractivity contribution in [3.05, 3.63) is 46.4 Å². The molecule has 1 fully saturated rings. The van der Waals surface area contributed by atoms with Gasteiger partial charge in [0.25, 0.3) is 11.5 Å². The van der Waals surface area contributed by atoms with E-state index < -0.39 is 12.0 Å². The van der Waals surface area contributed by atoms with Crippen LogP contribution in [0.25, 0.3) is 5.69 Å². The number of nitrogens with one attached hydrogen (secondary N) is 1. The van der Waals surface area contributed by atoms with Crippen LogP contribution in [0.5, 0.6) is 0 Å². The minimum absolute atomic E-state index is 0.0981. The molecule has 0 aliphatic heterocycles. The summed E-state index contributed by atoms with van der Waals surface area (Å²) in [6.07, 6.45) is 1.69. The van der Waals surface area contributed by atoms with Gasteiger partial charge >= 0.3 is 5.97 Å². The standard InChI is InChI=1S/C19H23N3O4/c1-12-16(18(24)22(21(12)3)15-10-5-4-6-11-15)20-17(23)13(2)26-19(25)14-8-7-9-14/h4-6,10-11,13-14H,7-9H2,1-3H3,(H,20,23)/t13-/m0/s1. The van der Waals surface area contributed by atoms with Crippen molar-refractivity contribution in [1.82, 2.24) is 9.36 Å². The Hall–Kier alpha value is -2.83. The maximum absolute atomic E-state index is 12.8. The van der Waals surface area contributed by atoms with Gasteiger partial charge in [-0.1, -0.05) is 24.6 Å². The lowest BCUT2D eigenvalue weighted by Crippen LogP contribution is -2.35. The highest BCUT2D eigenvalue weighted by Crippen LogP contribution is 2.27. The van der Waals surface area contributed by atoms with Gasteiger partial charge in [0.15, 0.2) is 6.10 Å². The Kier molecular flexibility index (Phi) is 4.97. The zero-order valence-electron chi connectivity index (χ0n) is 15.2. The normalized spacial score (nSPS) is 15.2. The first kappa shape index (κ1) is 18.0. The third kappa shape index (κ3) is 3.29. The van der Waals surface area contributed by atoms with E-state index in [2.05, 4.69) is 5.32 Å². The average molecular weight is 357 g/mol. The van der Waals surface area contributed by atoms with Crippen LogP contribution in [-0.2, 0) is 21.4 Å². The van der Waals surface area contributed by atoms with Crippen molar-refractivity contribution in [1.29, 1.82) is 0 Å². The molecule has 0 spiro atoms. The van der Waals surface area contributed by atoms with Gasteiger partial charge in [-0.2, -0.15) is 0 Å². The number of anilines is 1. The Morgan fingerprint density at radius 1 is 1.23 bits per heavy atom. The lowest BCUT2D eigenvalue weighted by molar-refractivity contribution is -0.159. The summed E-state index contributed by atoms with van der Waals surface area (Å²) in [4.78, 5) is 37.1. The molecule has 7 heteroatoms. The number of hydrogen-bond donors (Lipinski definition) is 1. The molecule has 1 aromatic carbocycles. The molecule has 1 aliphatic rings. The quantitative estimate of drug-likeness (QED) is 0.832. The van der Waals surface area contributed by atoms with Gasteiger partial charge in [-0.25, -0.2) is 4.68 Å². The molecule has 7 nitrogen and oxygen atoms in total. The number of benzene rings is 1. The maximum Gasteiger partial charge on any atom is 0.309 e. The van der Waals surface area contributed by atoms with Gasteiger partial charge in [0.2, 0.25) is 0 Å². The van der Waals surface area contributed by atoms with Crippen LogP contribution in [0.4, 0.5) is 5.69 Å². The highest BCUT2D eigenvalue weighted by Gasteiger charge is 2.30. The molecule has 1 aliphatic carbocycles. The highest BCUT2D eigenvalue weighted by atomic mass is 16.5. The number of nitrogens with zero attached hydrogens (tertiary/aromatic N) is 2. The second-order valence-electron chi connectivity index (χ2n) is 6.63. The van der Waals surface area contributed by atoms with E-state index in [1.165, 1.54) is 11.6 Å². The van der Waals surface area contributed by atoms with Crippen molar-refractivity contribution in [2.45, 2.75) is 39.2 Å². The summed E-state index contributed by atoms with van der Waals surface area (Å²) in [7, 11) is 1.75. The second kappa shape index (κ2) is 7.19. The van der Waals surface area contributed by atoms with Crippen molar-refractivity contribution in [2.24, 2.45) is 13.0 Å². The number of hydrogen-bond acceptors (Lipinski definition) is 4. The zero-order valence-corrected chi connectivity index (χ0v) is 15.2. The van der Waals surface area contributed by atoms with E-state index >= 15 is 0 Å². The van der Waals surface area contributed by atoms with E-state index in [0.717, 1.165) is 19.3 Å². The van der Waals surface area contributed by atoms with E-state index in [-0.39, 0.29) is 23.1 Å². The van der Waals surface area contributed by atoms with Crippen LogP contribution in [0, 0.1) is 12.8 Å². The molecule has 26 heavy (non-hydrogen) atoms. The number of carbonyl (C=O) groups excluding carboxylic acids is 2. The topological polar surface area (TPSA) is 82.3 Å². The van der Waals surface area contributed by atoms with Crippen LogP contribution < -0.4 is 10.9 Å². The summed E-state index contributed by atoms with van der Waals surface area (Å²) >= 11 is 0. The Morgan fingerprint density at radius 2 is 1.88 bits per heavy atom. The van der Waals surface area contributed by atoms with E-state index in [4.69, 9.17) is 4.74 Å². The molecule has 1 saturated carbocycles. The molecule has 138 valence electrons. The van der Waals surface area contributed by atoms with Crippen molar-refractivity contribution in [3.63, 3.8) is 0 Å². The molecule has 1 aromatic heterocycles. The monoisotopic (exact) mass is 357 g/mol. The molecule has 1 N–H and O–H groups in total. The van der Waals surface area contributed by atoms with Gasteiger partial charge in [0, 0.05) is 7.05 Å². The van der Waals surface area contributed by atoms with Crippen LogP contribution >= 0.6 is 0 Å². The Bertz CT molecular complexity index is 878. The van der Waals surface area contributed by atoms with Crippen LogP contribution in [0.15, 0.2) is 35.1 Å². The Morgan fingerprint density at radius 3 is 2.46 bits per heavy atom. The van der Waals surface area contributed by atoms with E-state index in [1.807, 2.05) is 30.3 Å². The first-order valence-corrected chi connectivity index (χ1v) is 8.75. The Labute approximate surface area is 151 Å². The number of aromatic nitrogens is 2. The summed E-state index contributed by atoms with van der Waals surface area (Å²) < 4.78 is 8.38. The van der Waals surface area contributed by atoms with Crippen LogP contribution in [-0.4, -0.2) is 27.3 Å². The maximum atomic E-state index is 12.8. The number of carbonyl (C=O) groups is 2. The third-order valence-corrected chi connectivity index (χ3v) is 4.90. The Balaban J connectivity index is 1.78. The SMILES string of the molecule is Cc1c(NC(=O)[C@H](C)OC(=O)C2CCC2)c(=O)n(-c2ccccc2)n1C. The van der Waals surface area contributed by atoms with Crippen molar-refractivity contribution in [3.8, 4) is 5.69 Å². The summed E-state index contributed by atoms with van der Waals surface area (Å²) in [5, 5.41) is 2.62. The van der Waals surface area contributed by atoms with Gasteiger partial charge in [-0.05, 0) is 38.8 Å². The number of rotatable bonds is 5. The summed E-state index contributed by atoms with van der Waals surface area (Å²) in [6, 6.07) is 9.17. The lowest BCUT2D eigenvalue weighted by atomic mass is 9.86. The number of esters is 1. The number of ether oxygens (including phenoxy) is 1. The fraction of sp³-hybridized carbons (Fsp3) is 0.421. The predicted octanol–water partition coefficient (Wildman–Crippen LogP) is 2.15. The fourth-order valence-corrected chi connectivity index (χ4v) is 2.91. The molecule has 1 atom stereocenters. The molecule has 1 heterocycles. The molecular weight excluding hydrogens is 334 g/mol. The summed E-state index contributed by atoms with van der Waals surface area (Å²) in [5.74, 6) is -0.951. The van der Waals surface area contributed by atoms with E-state index in [9.17, 15) is 14.4 Å². The summed E-state index contributed by atoms with van der Waals surface area (Å²) in [6.45, 7) is 3.27. The molecule has 0 radical (unpaired) electrons. The number of amides is 1. The van der Waals surface area contributed by atoms with Gasteiger partial charge in [-0.15, -0.1) is 0 Å². The molecule has 3 rings (SSSR count). The molecule has 0 unspecified atom stereocenters. The number of para-hydroxylation sites is 1. The lowest BCUT2D eigenvalue weighted by Gasteiger charge is -2.24.